The van der Waals surface area contributed by atoms with E-state index in [9.17, 15) is 4.79 Å². The molecule has 1 aromatic heterocycles. The molecule has 0 N–H and O–H groups in total. The molecule has 5 nitrogen and oxygen atoms in total. The lowest BCUT2D eigenvalue weighted by Crippen LogP contribution is -2.49. The molecule has 0 atom stereocenters. The monoisotopic (exact) mass is 413 g/mol. The van der Waals surface area contributed by atoms with Crippen LogP contribution in [0.5, 0.6) is 5.75 Å². The predicted molar refractivity (Wildman–Crippen MR) is 117 cm³/mol. The second-order valence-corrected chi connectivity index (χ2v) is 8.55. The molecule has 0 saturated carbocycles. The number of thioether (sulfide) groups is 1. The van der Waals surface area contributed by atoms with Gasteiger partial charge in [0.15, 0.2) is 5.13 Å². The molecule has 0 bridgehead atoms. The molecule has 1 saturated heterocycles. The maximum absolute atomic E-state index is 12.6. The van der Waals surface area contributed by atoms with Gasteiger partial charge in [0, 0.05) is 31.1 Å². The van der Waals surface area contributed by atoms with Crippen molar-refractivity contribution in [2.75, 3.05) is 44.4 Å². The minimum atomic E-state index is 0.179. The van der Waals surface area contributed by atoms with Crippen LogP contribution in [0.3, 0.4) is 0 Å². The Morgan fingerprint density at radius 2 is 1.89 bits per heavy atom. The van der Waals surface area contributed by atoms with Crippen LogP contribution in [-0.2, 0) is 11.2 Å². The van der Waals surface area contributed by atoms with Crippen molar-refractivity contribution in [3.05, 3.63) is 48.0 Å². The van der Waals surface area contributed by atoms with Crippen LogP contribution in [0, 0.1) is 0 Å². The van der Waals surface area contributed by atoms with Gasteiger partial charge < -0.3 is 14.5 Å². The summed E-state index contributed by atoms with van der Waals surface area (Å²) in [6, 6.07) is 14.0. The lowest BCUT2D eigenvalue weighted by Gasteiger charge is -2.34. The molecule has 1 aliphatic heterocycles. The molecule has 2 heterocycles. The van der Waals surface area contributed by atoms with E-state index < -0.39 is 0 Å². The van der Waals surface area contributed by atoms with Crippen LogP contribution in [0.15, 0.2) is 47.4 Å². The fraction of sp³-hybridized carbons (Fsp3) is 0.333. The highest BCUT2D eigenvalue weighted by Crippen LogP contribution is 2.34. The van der Waals surface area contributed by atoms with Crippen LogP contribution in [0.1, 0.15) is 5.56 Å². The van der Waals surface area contributed by atoms with Gasteiger partial charge in [0.25, 0.3) is 0 Å². The maximum atomic E-state index is 12.6. The Bertz CT molecular complexity index is 963. The van der Waals surface area contributed by atoms with E-state index in [0.717, 1.165) is 48.1 Å². The second kappa shape index (κ2) is 8.41. The number of carbonyl (C=O) groups excluding carboxylic acids is 1. The summed E-state index contributed by atoms with van der Waals surface area (Å²) in [4.78, 5) is 23.0. The first-order valence-corrected chi connectivity index (χ1v) is 11.3. The molecule has 0 radical (unpaired) electrons. The van der Waals surface area contributed by atoms with Crippen molar-refractivity contribution < 1.29 is 9.53 Å². The Balaban J connectivity index is 1.38. The number of hydrogen-bond donors (Lipinski definition) is 0. The van der Waals surface area contributed by atoms with Crippen molar-refractivity contribution in [1.82, 2.24) is 9.88 Å². The summed E-state index contributed by atoms with van der Waals surface area (Å²) in [7, 11) is 1.65. The van der Waals surface area contributed by atoms with E-state index in [4.69, 9.17) is 9.72 Å². The molecule has 1 amide bonds. The quantitative estimate of drug-likeness (QED) is 0.594. The van der Waals surface area contributed by atoms with Crippen LogP contribution in [0.25, 0.3) is 10.2 Å². The third-order valence-electron chi connectivity index (χ3n) is 5.01. The van der Waals surface area contributed by atoms with Gasteiger partial charge in [-0.15, -0.1) is 11.8 Å². The normalized spacial score (nSPS) is 14.5. The van der Waals surface area contributed by atoms with Crippen molar-refractivity contribution in [3.63, 3.8) is 0 Å². The topological polar surface area (TPSA) is 45.7 Å². The van der Waals surface area contributed by atoms with Gasteiger partial charge in [-0.05, 0) is 36.1 Å². The first-order chi connectivity index (χ1) is 13.7. The number of piperazine rings is 1. The highest BCUT2D eigenvalue weighted by atomic mass is 32.2. The minimum absolute atomic E-state index is 0.179. The molecule has 1 fully saturated rings. The van der Waals surface area contributed by atoms with Crippen LogP contribution >= 0.6 is 23.1 Å². The van der Waals surface area contributed by atoms with Crippen molar-refractivity contribution >= 4 is 44.4 Å². The van der Waals surface area contributed by atoms with Gasteiger partial charge in [0.1, 0.15) is 5.75 Å². The summed E-state index contributed by atoms with van der Waals surface area (Å²) in [5.74, 6) is 0.990. The van der Waals surface area contributed by atoms with E-state index in [2.05, 4.69) is 29.4 Å². The number of rotatable bonds is 5. The number of para-hydroxylation sites is 1. The number of carbonyl (C=O) groups is 1. The van der Waals surface area contributed by atoms with Gasteiger partial charge in [-0.3, -0.25) is 4.79 Å². The third kappa shape index (κ3) is 3.95. The number of thiazole rings is 1. The number of anilines is 1. The lowest BCUT2D eigenvalue weighted by molar-refractivity contribution is -0.130. The molecule has 146 valence electrons. The van der Waals surface area contributed by atoms with E-state index in [1.807, 2.05) is 29.2 Å². The van der Waals surface area contributed by atoms with Crippen molar-refractivity contribution in [3.8, 4) is 5.75 Å². The molecule has 0 aliphatic carbocycles. The number of hydrogen-bond acceptors (Lipinski definition) is 6. The smallest absolute Gasteiger partial charge is 0.227 e. The zero-order valence-corrected chi connectivity index (χ0v) is 17.7. The molecular formula is C21H23N3O2S2. The van der Waals surface area contributed by atoms with E-state index in [1.165, 1.54) is 9.60 Å². The SMILES string of the molecule is COc1ccc(CC(=O)N2CCN(c3nc4c(SC)cccc4s3)CC2)cc1. The number of aromatic nitrogens is 1. The van der Waals surface area contributed by atoms with Crippen molar-refractivity contribution in [1.29, 1.82) is 0 Å². The predicted octanol–water partition coefficient (Wildman–Crippen LogP) is 3.92. The van der Waals surface area contributed by atoms with E-state index in [1.54, 1.807) is 30.2 Å². The summed E-state index contributed by atoms with van der Waals surface area (Å²) in [6.45, 7) is 3.12. The van der Waals surface area contributed by atoms with Gasteiger partial charge >= 0.3 is 0 Å². The Hall–Kier alpha value is -2.25. The average Bonchev–Trinajstić information content (AvgIpc) is 3.19. The van der Waals surface area contributed by atoms with Crippen LogP contribution in [-0.4, -0.2) is 55.3 Å². The van der Waals surface area contributed by atoms with Crippen molar-refractivity contribution in [2.24, 2.45) is 0 Å². The molecular weight excluding hydrogens is 390 g/mol. The second-order valence-electron chi connectivity index (χ2n) is 6.70. The number of fused-ring (bicyclic) bond motifs is 1. The zero-order chi connectivity index (χ0) is 19.5. The summed E-state index contributed by atoms with van der Waals surface area (Å²) in [5, 5.41) is 1.05. The van der Waals surface area contributed by atoms with Gasteiger partial charge in [0.2, 0.25) is 5.91 Å². The number of nitrogens with zero attached hydrogens (tertiary/aromatic N) is 3. The Morgan fingerprint density at radius 3 is 2.57 bits per heavy atom. The lowest BCUT2D eigenvalue weighted by atomic mass is 10.1. The summed E-state index contributed by atoms with van der Waals surface area (Å²) >= 11 is 3.47. The number of benzene rings is 2. The molecule has 3 aromatic rings. The van der Waals surface area contributed by atoms with Gasteiger partial charge in [-0.25, -0.2) is 4.98 Å². The van der Waals surface area contributed by atoms with Gasteiger partial charge in [0.05, 0.1) is 23.7 Å². The van der Waals surface area contributed by atoms with Gasteiger partial charge in [-0.2, -0.15) is 0 Å². The number of amides is 1. The minimum Gasteiger partial charge on any atom is -0.497 e. The van der Waals surface area contributed by atoms with E-state index >= 15 is 0 Å². The van der Waals surface area contributed by atoms with Crippen LogP contribution in [0.2, 0.25) is 0 Å². The van der Waals surface area contributed by atoms with E-state index in [0.29, 0.717) is 6.42 Å². The van der Waals surface area contributed by atoms with Crippen LogP contribution in [0.4, 0.5) is 5.13 Å². The molecule has 4 rings (SSSR count). The first-order valence-electron chi connectivity index (χ1n) is 9.27. The van der Waals surface area contributed by atoms with Crippen LogP contribution < -0.4 is 9.64 Å². The molecule has 0 spiro atoms. The highest BCUT2D eigenvalue weighted by Gasteiger charge is 2.23. The zero-order valence-electron chi connectivity index (χ0n) is 16.1. The Kier molecular flexibility index (Phi) is 5.73. The Morgan fingerprint density at radius 1 is 1.14 bits per heavy atom. The molecule has 28 heavy (non-hydrogen) atoms. The number of methoxy groups -OCH3 is 1. The van der Waals surface area contributed by atoms with Gasteiger partial charge in [-0.1, -0.05) is 29.5 Å². The maximum Gasteiger partial charge on any atom is 0.227 e. The molecule has 1 aliphatic rings. The summed E-state index contributed by atoms with van der Waals surface area (Å²) < 4.78 is 6.40. The molecule has 7 heteroatoms. The third-order valence-corrected chi connectivity index (χ3v) is 6.86. The van der Waals surface area contributed by atoms with Crippen molar-refractivity contribution in [2.45, 2.75) is 11.3 Å². The Labute approximate surface area is 173 Å². The molecule has 0 unspecified atom stereocenters. The first kappa shape index (κ1) is 19.1. The standard InChI is InChI=1S/C21H23N3O2S2/c1-26-16-8-6-15(7-9-16)14-19(25)23-10-12-24(13-11-23)21-22-20-17(27-2)4-3-5-18(20)28-21/h3-9H,10-14H2,1-2H3. The fourth-order valence-electron chi connectivity index (χ4n) is 3.39. The highest BCUT2D eigenvalue weighted by molar-refractivity contribution is 7.98. The summed E-state index contributed by atoms with van der Waals surface area (Å²) in [6.07, 6.45) is 2.52. The largest absolute Gasteiger partial charge is 0.497 e. The molecule has 2 aromatic carbocycles. The fourth-order valence-corrected chi connectivity index (χ4v) is 5.06. The van der Waals surface area contributed by atoms with E-state index in [-0.39, 0.29) is 5.91 Å². The average molecular weight is 414 g/mol. The summed E-state index contributed by atoms with van der Waals surface area (Å²) in [5.41, 5.74) is 2.11. The number of ether oxygens (including phenoxy) is 1.